The van der Waals surface area contributed by atoms with E-state index in [0.29, 0.717) is 13.0 Å². The quantitative estimate of drug-likeness (QED) is 0.223. The number of likely N-dealkylation sites (N-methyl/N-ethyl adjacent to an activating group) is 1. The smallest absolute Gasteiger partial charge is 0.305 e. The maximum Gasteiger partial charge on any atom is 0.305 e. The molecule has 0 spiro atoms. The minimum atomic E-state index is -0.00523. The molecule has 4 heteroatoms. The number of quaternary nitrogens is 1. The van der Waals surface area contributed by atoms with Crippen LogP contribution < -0.4 is 17.0 Å². The molecule has 0 fully saturated rings. The van der Waals surface area contributed by atoms with Crippen LogP contribution in [-0.2, 0) is 9.53 Å². The maximum atomic E-state index is 11.8. The lowest BCUT2D eigenvalue weighted by Gasteiger charge is -2.35. The summed E-state index contributed by atoms with van der Waals surface area (Å²) >= 11 is 0. The fourth-order valence-electron chi connectivity index (χ4n) is 3.15. The third-order valence-electron chi connectivity index (χ3n) is 5.33. The molecule has 0 atom stereocenters. The summed E-state index contributed by atoms with van der Waals surface area (Å²) in [6.45, 7) is 13.8. The molecular formula is C20H42BrNO2. The molecule has 0 N–H and O–H groups in total. The van der Waals surface area contributed by atoms with Crippen LogP contribution in [-0.4, -0.2) is 43.2 Å². The van der Waals surface area contributed by atoms with E-state index in [1.807, 2.05) is 0 Å². The first kappa shape index (κ1) is 26.1. The molecule has 0 aromatic carbocycles. The summed E-state index contributed by atoms with van der Waals surface area (Å²) < 4.78 is 6.47. The van der Waals surface area contributed by atoms with Gasteiger partial charge in [-0.25, -0.2) is 0 Å². The summed E-state index contributed by atoms with van der Waals surface area (Å²) in [6.07, 6.45) is 12.2. The first-order valence-corrected chi connectivity index (χ1v) is 10.1. The van der Waals surface area contributed by atoms with Crippen molar-refractivity contribution in [2.45, 2.75) is 91.9 Å². The predicted octanol–water partition coefficient (Wildman–Crippen LogP) is 2.33. The topological polar surface area (TPSA) is 26.3 Å². The monoisotopic (exact) mass is 407 g/mol. The van der Waals surface area contributed by atoms with Gasteiger partial charge in [0.1, 0.15) is 13.2 Å². The highest BCUT2D eigenvalue weighted by molar-refractivity contribution is 5.69. The van der Waals surface area contributed by atoms with Crippen LogP contribution in [0.5, 0.6) is 0 Å². The van der Waals surface area contributed by atoms with Crippen LogP contribution in [0.25, 0.3) is 0 Å². The highest BCUT2D eigenvalue weighted by Gasteiger charge is 2.20. The van der Waals surface area contributed by atoms with Gasteiger partial charge < -0.3 is 26.2 Å². The number of carbonyl (C=O) groups excluding carboxylic acids is 1. The molecule has 0 bridgehead atoms. The number of carbonyl (C=O) groups is 1. The van der Waals surface area contributed by atoms with Crippen LogP contribution in [0.3, 0.4) is 0 Å². The van der Waals surface area contributed by atoms with Crippen molar-refractivity contribution in [3.05, 3.63) is 0 Å². The lowest BCUT2D eigenvalue weighted by molar-refractivity contribution is -0.923. The second-order valence-corrected chi connectivity index (χ2v) is 6.81. The second kappa shape index (κ2) is 17.7. The lowest BCUT2D eigenvalue weighted by Crippen LogP contribution is -3.00. The average molecular weight is 408 g/mol. The van der Waals surface area contributed by atoms with E-state index in [9.17, 15) is 4.79 Å². The molecule has 0 amide bonds. The van der Waals surface area contributed by atoms with Gasteiger partial charge in [-0.15, -0.1) is 0 Å². The van der Waals surface area contributed by atoms with E-state index in [-0.39, 0.29) is 23.0 Å². The second-order valence-electron chi connectivity index (χ2n) is 6.81. The Kier molecular flexibility index (Phi) is 19.3. The SMILES string of the molecule is CCCCCCCCCCCC(=O)OCC[N+](CC)(CC)CC.[Br-]. The van der Waals surface area contributed by atoms with Crippen molar-refractivity contribution in [3.8, 4) is 0 Å². The van der Waals surface area contributed by atoms with E-state index < -0.39 is 0 Å². The zero-order chi connectivity index (χ0) is 17.4. The van der Waals surface area contributed by atoms with Gasteiger partial charge in [-0.05, 0) is 27.2 Å². The van der Waals surface area contributed by atoms with Crippen molar-refractivity contribution in [2.24, 2.45) is 0 Å². The Morgan fingerprint density at radius 3 is 1.67 bits per heavy atom. The standard InChI is InChI=1S/C20H42NO2.BrH/c1-5-9-10-11-12-13-14-15-16-17-20(22)23-19-18-21(6-2,7-3)8-4;/h5-19H2,1-4H3;1H/q+1;/p-1. The Bertz CT molecular complexity index is 273. The van der Waals surface area contributed by atoms with Crippen LogP contribution in [0.4, 0.5) is 0 Å². The molecular weight excluding hydrogens is 366 g/mol. The molecule has 0 saturated heterocycles. The molecule has 0 saturated carbocycles. The van der Waals surface area contributed by atoms with E-state index in [1.165, 1.54) is 51.4 Å². The molecule has 0 aliphatic heterocycles. The molecule has 3 nitrogen and oxygen atoms in total. The first-order chi connectivity index (χ1) is 11.1. The highest BCUT2D eigenvalue weighted by atomic mass is 79.9. The number of nitrogens with zero attached hydrogens (tertiary/aromatic N) is 1. The van der Waals surface area contributed by atoms with E-state index in [0.717, 1.165) is 37.1 Å². The summed E-state index contributed by atoms with van der Waals surface area (Å²) in [7, 11) is 0. The van der Waals surface area contributed by atoms with Gasteiger partial charge in [0.05, 0.1) is 19.6 Å². The molecule has 0 unspecified atom stereocenters. The molecule has 0 aliphatic carbocycles. The van der Waals surface area contributed by atoms with Crippen molar-refractivity contribution in [2.75, 3.05) is 32.8 Å². The van der Waals surface area contributed by atoms with E-state index in [4.69, 9.17) is 4.74 Å². The number of esters is 1. The molecule has 146 valence electrons. The van der Waals surface area contributed by atoms with Crippen molar-refractivity contribution in [1.29, 1.82) is 0 Å². The van der Waals surface area contributed by atoms with Gasteiger partial charge in [0.15, 0.2) is 0 Å². The van der Waals surface area contributed by atoms with Crippen molar-refractivity contribution >= 4 is 5.97 Å². The molecule has 0 aromatic heterocycles. The van der Waals surface area contributed by atoms with Gasteiger partial charge in [0, 0.05) is 6.42 Å². The number of rotatable bonds is 16. The molecule has 24 heavy (non-hydrogen) atoms. The Balaban J connectivity index is 0. The summed E-state index contributed by atoms with van der Waals surface area (Å²) in [5.41, 5.74) is 0. The van der Waals surface area contributed by atoms with Gasteiger partial charge in [0.2, 0.25) is 0 Å². The minimum absolute atomic E-state index is 0. The maximum absolute atomic E-state index is 11.8. The minimum Gasteiger partial charge on any atom is -1.00 e. The van der Waals surface area contributed by atoms with Gasteiger partial charge in [-0.2, -0.15) is 0 Å². The first-order valence-electron chi connectivity index (χ1n) is 10.1. The highest BCUT2D eigenvalue weighted by Crippen LogP contribution is 2.11. The molecule has 0 rings (SSSR count). The largest absolute Gasteiger partial charge is 1.00 e. The van der Waals surface area contributed by atoms with Crippen LogP contribution in [0.2, 0.25) is 0 Å². The van der Waals surface area contributed by atoms with Crippen LogP contribution in [0, 0.1) is 0 Å². The number of halogens is 1. The van der Waals surface area contributed by atoms with Gasteiger partial charge in [0.25, 0.3) is 0 Å². The number of hydrogen-bond donors (Lipinski definition) is 0. The summed E-state index contributed by atoms with van der Waals surface area (Å²) in [5.74, 6) is -0.00523. The van der Waals surface area contributed by atoms with E-state index >= 15 is 0 Å². The van der Waals surface area contributed by atoms with Crippen molar-refractivity contribution in [1.82, 2.24) is 0 Å². The molecule has 0 aromatic rings. The van der Waals surface area contributed by atoms with E-state index in [2.05, 4.69) is 27.7 Å². The van der Waals surface area contributed by atoms with Crippen molar-refractivity contribution < 1.29 is 31.0 Å². The van der Waals surface area contributed by atoms with E-state index in [1.54, 1.807) is 0 Å². The fourth-order valence-corrected chi connectivity index (χ4v) is 3.15. The number of ether oxygens (including phenoxy) is 1. The predicted molar refractivity (Wildman–Crippen MR) is 99.6 cm³/mol. The third kappa shape index (κ3) is 13.2. The Labute approximate surface area is 161 Å². The molecule has 0 radical (unpaired) electrons. The van der Waals surface area contributed by atoms with Crippen molar-refractivity contribution in [3.63, 3.8) is 0 Å². The van der Waals surface area contributed by atoms with Crippen LogP contribution in [0.1, 0.15) is 91.9 Å². The summed E-state index contributed by atoms with van der Waals surface area (Å²) in [4.78, 5) is 11.8. The zero-order valence-corrected chi connectivity index (χ0v) is 18.3. The van der Waals surface area contributed by atoms with Crippen LogP contribution >= 0.6 is 0 Å². The lowest BCUT2D eigenvalue weighted by atomic mass is 10.1. The average Bonchev–Trinajstić information content (AvgIpc) is 2.58. The number of hydrogen-bond acceptors (Lipinski definition) is 2. The summed E-state index contributed by atoms with van der Waals surface area (Å²) in [5, 5.41) is 0. The Hall–Kier alpha value is -0.0900. The van der Waals surface area contributed by atoms with Gasteiger partial charge in [-0.1, -0.05) is 58.3 Å². The summed E-state index contributed by atoms with van der Waals surface area (Å²) in [6, 6.07) is 0. The van der Waals surface area contributed by atoms with Crippen LogP contribution in [0.15, 0.2) is 0 Å². The molecule has 0 aliphatic rings. The zero-order valence-electron chi connectivity index (χ0n) is 16.7. The molecule has 0 heterocycles. The van der Waals surface area contributed by atoms with Gasteiger partial charge >= 0.3 is 5.97 Å². The Morgan fingerprint density at radius 2 is 1.21 bits per heavy atom. The Morgan fingerprint density at radius 1 is 0.750 bits per heavy atom. The van der Waals surface area contributed by atoms with Gasteiger partial charge in [-0.3, -0.25) is 4.79 Å². The third-order valence-corrected chi connectivity index (χ3v) is 5.33. The fraction of sp³-hybridized carbons (Fsp3) is 0.950. The normalized spacial score (nSPS) is 11.2. The number of unbranched alkanes of at least 4 members (excludes halogenated alkanes) is 8.